The number of aromatic nitrogens is 6. The van der Waals surface area contributed by atoms with Crippen molar-refractivity contribution in [2.24, 2.45) is 0 Å². The summed E-state index contributed by atoms with van der Waals surface area (Å²) in [6, 6.07) is 9.04. The first-order valence-electron chi connectivity index (χ1n) is 8.39. The van der Waals surface area contributed by atoms with Crippen LogP contribution in [0, 0.1) is 13.8 Å². The van der Waals surface area contributed by atoms with Gasteiger partial charge in [-0.1, -0.05) is 17.7 Å². The van der Waals surface area contributed by atoms with E-state index in [4.69, 9.17) is 0 Å². The molecule has 4 heterocycles. The number of carbonyl (C=O) groups excluding carboxylic acids is 1. The van der Waals surface area contributed by atoms with Crippen LogP contribution in [0.3, 0.4) is 0 Å². The highest BCUT2D eigenvalue weighted by Gasteiger charge is 2.18. The molecule has 0 fully saturated rings. The van der Waals surface area contributed by atoms with Crippen molar-refractivity contribution in [1.82, 2.24) is 29.4 Å². The average Bonchev–Trinajstić information content (AvgIpc) is 3.24. The Morgan fingerprint density at radius 2 is 1.85 bits per heavy atom. The van der Waals surface area contributed by atoms with Gasteiger partial charge in [0, 0.05) is 17.8 Å². The van der Waals surface area contributed by atoms with Crippen molar-refractivity contribution >= 4 is 33.5 Å². The van der Waals surface area contributed by atoms with Gasteiger partial charge in [0.05, 0.1) is 28.2 Å². The molecule has 8 nitrogen and oxygen atoms in total. The lowest BCUT2D eigenvalue weighted by Crippen LogP contribution is -2.15. The predicted molar refractivity (Wildman–Crippen MR) is 100 cm³/mol. The van der Waals surface area contributed by atoms with Crippen LogP contribution >= 0.6 is 0 Å². The molecule has 132 valence electrons. The summed E-state index contributed by atoms with van der Waals surface area (Å²) in [6.45, 7) is 3.81. The summed E-state index contributed by atoms with van der Waals surface area (Å²) in [4.78, 5) is 32.4. The molecule has 0 saturated carbocycles. The van der Waals surface area contributed by atoms with Gasteiger partial charge in [0.15, 0.2) is 5.65 Å². The maximum atomic E-state index is 12.9. The summed E-state index contributed by atoms with van der Waals surface area (Å²) < 4.78 is 2.90. The molecule has 5 rings (SSSR count). The van der Waals surface area contributed by atoms with Gasteiger partial charge in [-0.25, -0.2) is 9.50 Å². The standard InChI is InChI=1S/C19H14N6O2/c1-10-3-5-12(6-4-10)19(27)25-17-13(9-21-25)16-14(8-20-17)18(26)22-15-7-11(2)23-24(15)16/h3-9H,1-2H3,(H,22,26). The molecule has 0 bridgehead atoms. The van der Waals surface area contributed by atoms with Crippen molar-refractivity contribution in [2.45, 2.75) is 13.8 Å². The van der Waals surface area contributed by atoms with Crippen molar-refractivity contribution in [1.29, 1.82) is 0 Å². The number of nitrogens with one attached hydrogen (secondary N) is 1. The van der Waals surface area contributed by atoms with Gasteiger partial charge >= 0.3 is 0 Å². The van der Waals surface area contributed by atoms with E-state index in [1.807, 2.05) is 26.0 Å². The summed E-state index contributed by atoms with van der Waals surface area (Å²) in [5.74, 6) is -0.283. The zero-order valence-electron chi connectivity index (χ0n) is 14.6. The zero-order valence-corrected chi connectivity index (χ0v) is 14.6. The van der Waals surface area contributed by atoms with Crippen LogP contribution in [-0.2, 0) is 0 Å². The van der Waals surface area contributed by atoms with Gasteiger partial charge in [0.2, 0.25) is 0 Å². The fraction of sp³-hybridized carbons (Fsp3) is 0.105. The predicted octanol–water partition coefficient (Wildman–Crippen LogP) is 2.23. The van der Waals surface area contributed by atoms with Crippen molar-refractivity contribution in [3.8, 4) is 0 Å². The summed E-state index contributed by atoms with van der Waals surface area (Å²) in [7, 11) is 0. The first-order chi connectivity index (χ1) is 13.0. The van der Waals surface area contributed by atoms with E-state index < -0.39 is 0 Å². The second-order valence-electron chi connectivity index (χ2n) is 6.52. The van der Waals surface area contributed by atoms with Gasteiger partial charge in [-0.15, -0.1) is 0 Å². The number of benzene rings is 1. The molecule has 0 atom stereocenters. The molecule has 0 spiro atoms. The fourth-order valence-corrected chi connectivity index (χ4v) is 3.27. The number of aromatic amines is 1. The summed E-state index contributed by atoms with van der Waals surface area (Å²) in [5, 5.41) is 9.67. The molecule has 8 heteroatoms. The molecule has 0 radical (unpaired) electrons. The minimum Gasteiger partial charge on any atom is -0.306 e. The Balaban J connectivity index is 1.82. The quantitative estimate of drug-likeness (QED) is 0.495. The number of H-pyrrole nitrogens is 1. The van der Waals surface area contributed by atoms with Crippen LogP contribution in [0.5, 0.6) is 0 Å². The number of rotatable bonds is 1. The van der Waals surface area contributed by atoms with E-state index in [1.165, 1.54) is 10.9 Å². The Kier molecular flexibility index (Phi) is 3.06. The van der Waals surface area contributed by atoms with E-state index in [-0.39, 0.29) is 11.5 Å². The lowest BCUT2D eigenvalue weighted by Gasteiger charge is -2.04. The Hall–Kier alpha value is -3.81. The normalized spacial score (nSPS) is 11.6. The third kappa shape index (κ3) is 2.20. The van der Waals surface area contributed by atoms with Crippen LogP contribution in [0.2, 0.25) is 0 Å². The van der Waals surface area contributed by atoms with E-state index in [9.17, 15) is 9.59 Å². The maximum Gasteiger partial charge on any atom is 0.280 e. The molecule has 1 aromatic carbocycles. The Bertz CT molecular complexity index is 1420. The lowest BCUT2D eigenvalue weighted by molar-refractivity contribution is 0.0950. The Morgan fingerprint density at radius 3 is 2.63 bits per heavy atom. The molecule has 0 amide bonds. The molecule has 0 saturated heterocycles. The minimum atomic E-state index is -0.283. The molecule has 1 N–H and O–H groups in total. The number of carbonyl (C=O) groups is 1. The van der Waals surface area contributed by atoms with Gasteiger partial charge in [-0.3, -0.25) is 9.59 Å². The highest BCUT2D eigenvalue weighted by atomic mass is 16.2. The summed E-state index contributed by atoms with van der Waals surface area (Å²) in [6.07, 6.45) is 3.00. The Labute approximate surface area is 152 Å². The molecule has 0 aliphatic heterocycles. The van der Waals surface area contributed by atoms with Crippen molar-refractivity contribution in [2.75, 3.05) is 0 Å². The summed E-state index contributed by atoms with van der Waals surface area (Å²) >= 11 is 0. The lowest BCUT2D eigenvalue weighted by atomic mass is 10.1. The topological polar surface area (TPSA) is 97.9 Å². The zero-order chi connectivity index (χ0) is 18.7. The van der Waals surface area contributed by atoms with Gasteiger partial charge < -0.3 is 4.98 Å². The van der Waals surface area contributed by atoms with E-state index >= 15 is 0 Å². The van der Waals surface area contributed by atoms with Gasteiger partial charge in [0.25, 0.3) is 11.5 Å². The first-order valence-corrected chi connectivity index (χ1v) is 8.39. The van der Waals surface area contributed by atoms with Crippen LogP contribution in [0.4, 0.5) is 0 Å². The smallest absolute Gasteiger partial charge is 0.280 e. The molecular weight excluding hydrogens is 344 g/mol. The third-order valence-corrected chi connectivity index (χ3v) is 4.59. The number of hydrogen-bond donors (Lipinski definition) is 1. The number of nitrogens with zero attached hydrogens (tertiary/aromatic N) is 5. The second-order valence-corrected chi connectivity index (χ2v) is 6.52. The van der Waals surface area contributed by atoms with E-state index in [1.54, 1.807) is 28.9 Å². The number of aryl methyl sites for hydroxylation is 2. The SMILES string of the molecule is Cc1ccc(C(=O)n2ncc3c2ncc2c(=O)[nH]c4cc(C)nn4c23)cc1. The largest absolute Gasteiger partial charge is 0.306 e. The summed E-state index contributed by atoms with van der Waals surface area (Å²) in [5.41, 5.74) is 3.63. The highest BCUT2D eigenvalue weighted by molar-refractivity contribution is 6.07. The molecule has 5 aromatic rings. The Morgan fingerprint density at radius 1 is 1.07 bits per heavy atom. The van der Waals surface area contributed by atoms with Crippen LogP contribution in [0.25, 0.3) is 27.6 Å². The maximum absolute atomic E-state index is 12.9. The fourth-order valence-electron chi connectivity index (χ4n) is 3.27. The number of pyridine rings is 1. The van der Waals surface area contributed by atoms with Crippen molar-refractivity contribution < 1.29 is 4.79 Å². The average molecular weight is 358 g/mol. The number of fused-ring (bicyclic) bond motifs is 5. The number of hydrogen-bond acceptors (Lipinski definition) is 5. The molecule has 4 aromatic heterocycles. The molecule has 0 aliphatic rings. The van der Waals surface area contributed by atoms with Crippen LogP contribution in [-0.4, -0.2) is 35.3 Å². The van der Waals surface area contributed by atoms with Crippen LogP contribution < -0.4 is 5.56 Å². The van der Waals surface area contributed by atoms with Crippen LogP contribution in [0.15, 0.2) is 47.5 Å². The molecule has 27 heavy (non-hydrogen) atoms. The second kappa shape index (κ2) is 5.34. The van der Waals surface area contributed by atoms with E-state index in [2.05, 4.69) is 20.2 Å². The van der Waals surface area contributed by atoms with Crippen molar-refractivity contribution in [3.05, 3.63) is 69.9 Å². The highest BCUT2D eigenvalue weighted by Crippen LogP contribution is 2.22. The van der Waals surface area contributed by atoms with Gasteiger partial charge in [-0.05, 0) is 26.0 Å². The van der Waals surface area contributed by atoms with E-state index in [0.29, 0.717) is 33.1 Å². The van der Waals surface area contributed by atoms with E-state index in [0.717, 1.165) is 11.3 Å². The monoisotopic (exact) mass is 358 g/mol. The van der Waals surface area contributed by atoms with Crippen molar-refractivity contribution in [3.63, 3.8) is 0 Å². The first kappa shape index (κ1) is 15.4. The minimum absolute atomic E-state index is 0.260. The van der Waals surface area contributed by atoms with Gasteiger partial charge in [0.1, 0.15) is 5.65 Å². The molecule has 0 aliphatic carbocycles. The van der Waals surface area contributed by atoms with Gasteiger partial charge in [-0.2, -0.15) is 14.9 Å². The molecule has 0 unspecified atom stereocenters. The van der Waals surface area contributed by atoms with Crippen LogP contribution in [0.1, 0.15) is 21.6 Å². The molecular formula is C19H14N6O2. The third-order valence-electron chi connectivity index (χ3n) is 4.59.